The van der Waals surface area contributed by atoms with Gasteiger partial charge in [0.1, 0.15) is 11.2 Å². The fraction of sp³-hybridized carbons (Fsp3) is 0.385. The van der Waals surface area contributed by atoms with Crippen LogP contribution in [0, 0.1) is 0 Å². The van der Waals surface area contributed by atoms with E-state index in [0.29, 0.717) is 5.92 Å². The van der Waals surface area contributed by atoms with Gasteiger partial charge in [0.25, 0.3) is 0 Å². The van der Waals surface area contributed by atoms with Crippen molar-refractivity contribution < 1.29 is 14.5 Å². The van der Waals surface area contributed by atoms with E-state index in [4.69, 9.17) is 14.5 Å². The molecule has 1 aliphatic carbocycles. The van der Waals surface area contributed by atoms with E-state index in [0.717, 1.165) is 11.0 Å². The molecule has 0 saturated heterocycles. The minimum Gasteiger partial charge on any atom is -0.465 e. The smallest absolute Gasteiger partial charge is 0.465 e. The summed E-state index contributed by atoms with van der Waals surface area (Å²) in [5.41, 5.74) is 2.27. The van der Waals surface area contributed by atoms with E-state index in [1.54, 1.807) is 6.07 Å². The molecule has 1 aromatic heterocycles. The van der Waals surface area contributed by atoms with E-state index in [1.807, 2.05) is 6.07 Å². The molecule has 0 atom stereocenters. The van der Waals surface area contributed by atoms with Crippen LogP contribution < -0.4 is 5.66 Å². The zero-order valence-corrected chi connectivity index (χ0v) is 9.60. The fourth-order valence-corrected chi connectivity index (χ4v) is 2.72. The molecule has 1 heterocycles. The van der Waals surface area contributed by atoms with Crippen LogP contribution in [0.15, 0.2) is 28.7 Å². The Labute approximate surface area is 100 Å². The third-order valence-corrected chi connectivity index (χ3v) is 3.64. The highest BCUT2D eigenvalue weighted by atomic mass is 16.4. The Morgan fingerprint density at radius 1 is 1.12 bits per heavy atom. The van der Waals surface area contributed by atoms with Crippen LogP contribution >= 0.6 is 0 Å². The summed E-state index contributed by atoms with van der Waals surface area (Å²) in [4.78, 5) is 0. The monoisotopic (exact) mass is 230 g/mol. The van der Waals surface area contributed by atoms with E-state index >= 15 is 0 Å². The molecule has 0 bridgehead atoms. The Balaban J connectivity index is 2.00. The molecule has 1 saturated carbocycles. The molecule has 3 nitrogen and oxygen atoms in total. The molecule has 1 aromatic carbocycles. The van der Waals surface area contributed by atoms with Crippen LogP contribution in [0.5, 0.6) is 0 Å². The minimum absolute atomic E-state index is 0.212. The lowest BCUT2D eigenvalue weighted by Crippen LogP contribution is -2.27. The number of fused-ring (bicyclic) bond motifs is 1. The van der Waals surface area contributed by atoms with E-state index in [1.165, 1.54) is 31.2 Å². The van der Waals surface area contributed by atoms with Gasteiger partial charge in [0, 0.05) is 5.39 Å². The predicted octanol–water partition coefficient (Wildman–Crippen LogP) is 1.77. The fourth-order valence-electron chi connectivity index (χ4n) is 2.72. The summed E-state index contributed by atoms with van der Waals surface area (Å²) in [6.07, 6.45) is 5.15. The standard InChI is InChI=1S/C13H15BO3/c15-14(16)13-8-11-7-10(5-6-12(11)17-13)9-3-1-2-4-9/h5-9,15-16H,1-4H2. The normalized spacial score (nSPS) is 16.8. The Morgan fingerprint density at radius 3 is 2.59 bits per heavy atom. The van der Waals surface area contributed by atoms with Gasteiger partial charge in [-0.25, -0.2) is 0 Å². The van der Waals surface area contributed by atoms with Crippen molar-refractivity contribution in [1.82, 2.24) is 0 Å². The van der Waals surface area contributed by atoms with Gasteiger partial charge in [-0.2, -0.15) is 0 Å². The number of hydrogen-bond acceptors (Lipinski definition) is 3. The van der Waals surface area contributed by atoms with E-state index < -0.39 is 7.12 Å². The van der Waals surface area contributed by atoms with Crippen LogP contribution in [-0.4, -0.2) is 17.2 Å². The first kappa shape index (κ1) is 10.9. The van der Waals surface area contributed by atoms with Crippen molar-refractivity contribution in [2.24, 2.45) is 0 Å². The summed E-state index contributed by atoms with van der Waals surface area (Å²) in [6.45, 7) is 0. The Kier molecular flexibility index (Phi) is 2.69. The van der Waals surface area contributed by atoms with Gasteiger partial charge in [0.15, 0.2) is 0 Å². The first-order valence-corrected chi connectivity index (χ1v) is 6.13. The molecule has 2 aromatic rings. The molecule has 0 amide bonds. The van der Waals surface area contributed by atoms with Gasteiger partial charge in [-0.1, -0.05) is 18.9 Å². The van der Waals surface area contributed by atoms with Crippen LogP contribution in [0.25, 0.3) is 11.0 Å². The summed E-state index contributed by atoms with van der Waals surface area (Å²) in [6, 6.07) is 7.84. The van der Waals surface area contributed by atoms with E-state index in [9.17, 15) is 0 Å². The Hall–Kier alpha value is -1.26. The number of rotatable bonds is 2. The van der Waals surface area contributed by atoms with E-state index in [-0.39, 0.29) is 5.66 Å². The third kappa shape index (κ3) is 1.98. The topological polar surface area (TPSA) is 53.6 Å². The molecule has 0 unspecified atom stereocenters. The summed E-state index contributed by atoms with van der Waals surface area (Å²) >= 11 is 0. The maximum absolute atomic E-state index is 9.07. The molecule has 88 valence electrons. The first-order valence-electron chi connectivity index (χ1n) is 6.13. The van der Waals surface area contributed by atoms with Crippen molar-refractivity contribution in [1.29, 1.82) is 0 Å². The number of hydrogen-bond donors (Lipinski definition) is 2. The molecule has 0 radical (unpaired) electrons. The third-order valence-electron chi connectivity index (χ3n) is 3.64. The molecule has 1 aliphatic rings. The van der Waals surface area contributed by atoms with Gasteiger partial charge in [0.05, 0.1) is 0 Å². The van der Waals surface area contributed by atoms with Gasteiger partial charge >= 0.3 is 7.12 Å². The summed E-state index contributed by atoms with van der Waals surface area (Å²) in [7, 11) is -1.53. The van der Waals surface area contributed by atoms with Crippen molar-refractivity contribution in [3.8, 4) is 0 Å². The van der Waals surface area contributed by atoms with Gasteiger partial charge in [-0.3, -0.25) is 0 Å². The van der Waals surface area contributed by atoms with Gasteiger partial charge in [0.2, 0.25) is 0 Å². The van der Waals surface area contributed by atoms with Crippen molar-refractivity contribution in [3.05, 3.63) is 29.8 Å². The first-order chi connectivity index (χ1) is 8.24. The summed E-state index contributed by atoms with van der Waals surface area (Å²) in [5.74, 6) is 0.664. The number of furan rings is 1. The van der Waals surface area contributed by atoms with Crippen LogP contribution in [0.4, 0.5) is 0 Å². The lowest BCUT2D eigenvalue weighted by molar-refractivity contribution is 0.412. The molecule has 1 fully saturated rings. The Bertz CT molecular complexity index is 526. The van der Waals surface area contributed by atoms with Gasteiger partial charge in [-0.05, 0) is 42.5 Å². The largest absolute Gasteiger partial charge is 0.526 e. The highest BCUT2D eigenvalue weighted by molar-refractivity contribution is 6.57. The quantitative estimate of drug-likeness (QED) is 0.773. The molecule has 0 aliphatic heterocycles. The van der Waals surface area contributed by atoms with Crippen LogP contribution in [0.2, 0.25) is 0 Å². The second-order valence-electron chi connectivity index (χ2n) is 4.80. The van der Waals surface area contributed by atoms with Crippen molar-refractivity contribution in [2.75, 3.05) is 0 Å². The SMILES string of the molecule is OB(O)c1cc2cc(C3CCCC3)ccc2o1. The van der Waals surface area contributed by atoms with Crippen LogP contribution in [0.1, 0.15) is 37.2 Å². The van der Waals surface area contributed by atoms with Crippen LogP contribution in [0.3, 0.4) is 0 Å². The van der Waals surface area contributed by atoms with E-state index in [2.05, 4.69) is 12.1 Å². The van der Waals surface area contributed by atoms with Gasteiger partial charge < -0.3 is 14.5 Å². The lowest BCUT2D eigenvalue weighted by atomic mass is 9.87. The predicted molar refractivity (Wildman–Crippen MR) is 67.2 cm³/mol. The zero-order chi connectivity index (χ0) is 11.8. The molecule has 17 heavy (non-hydrogen) atoms. The lowest BCUT2D eigenvalue weighted by Gasteiger charge is -2.08. The van der Waals surface area contributed by atoms with Crippen molar-refractivity contribution in [2.45, 2.75) is 31.6 Å². The van der Waals surface area contributed by atoms with Crippen molar-refractivity contribution >= 4 is 23.7 Å². The zero-order valence-electron chi connectivity index (χ0n) is 9.60. The molecular weight excluding hydrogens is 215 g/mol. The average molecular weight is 230 g/mol. The molecule has 3 rings (SSSR count). The maximum Gasteiger partial charge on any atom is 0.526 e. The maximum atomic E-state index is 9.07. The average Bonchev–Trinajstić information content (AvgIpc) is 2.97. The minimum atomic E-state index is -1.53. The second-order valence-corrected chi connectivity index (χ2v) is 4.80. The molecule has 0 spiro atoms. The molecule has 4 heteroatoms. The molecular formula is C13H15BO3. The highest BCUT2D eigenvalue weighted by Gasteiger charge is 2.20. The van der Waals surface area contributed by atoms with Gasteiger partial charge in [-0.15, -0.1) is 0 Å². The Morgan fingerprint density at radius 2 is 1.88 bits per heavy atom. The number of benzene rings is 1. The van der Waals surface area contributed by atoms with Crippen LogP contribution in [-0.2, 0) is 0 Å². The second kappa shape index (κ2) is 4.20. The summed E-state index contributed by atoms with van der Waals surface area (Å²) in [5, 5.41) is 19.1. The molecule has 2 N–H and O–H groups in total. The highest BCUT2D eigenvalue weighted by Crippen LogP contribution is 2.35. The van der Waals surface area contributed by atoms with Crippen molar-refractivity contribution in [3.63, 3.8) is 0 Å². The summed E-state index contributed by atoms with van der Waals surface area (Å²) < 4.78 is 5.35.